The molecule has 0 aromatic heterocycles. The van der Waals surface area contributed by atoms with Crippen molar-refractivity contribution >= 4 is 15.9 Å². The molecule has 0 unspecified atom stereocenters. The minimum atomic E-state index is -3.73. The van der Waals surface area contributed by atoms with Crippen LogP contribution in [0.25, 0.3) is 0 Å². The van der Waals surface area contributed by atoms with Crippen molar-refractivity contribution in [2.45, 2.75) is 57.4 Å². The van der Waals surface area contributed by atoms with Gasteiger partial charge in [-0.25, -0.2) is 8.42 Å². The van der Waals surface area contributed by atoms with Crippen LogP contribution in [0.2, 0.25) is 0 Å². The number of amides is 1. The van der Waals surface area contributed by atoms with Gasteiger partial charge in [0.05, 0.1) is 7.11 Å². The summed E-state index contributed by atoms with van der Waals surface area (Å²) in [5, 5.41) is 3.07. The second kappa shape index (κ2) is 10.9. The highest BCUT2D eigenvalue weighted by molar-refractivity contribution is 7.89. The molecule has 1 aromatic rings. The monoisotopic (exact) mass is 425 g/mol. The Morgan fingerprint density at radius 1 is 1.21 bits per heavy atom. The smallest absolute Gasteiger partial charge is 0.251 e. The van der Waals surface area contributed by atoms with Crippen LogP contribution in [0.3, 0.4) is 0 Å². The van der Waals surface area contributed by atoms with Gasteiger partial charge in [0.1, 0.15) is 10.6 Å². The molecule has 2 rings (SSSR count). The average molecular weight is 426 g/mol. The number of benzene rings is 1. The van der Waals surface area contributed by atoms with Crippen molar-refractivity contribution in [1.29, 1.82) is 0 Å². The van der Waals surface area contributed by atoms with Crippen molar-refractivity contribution in [1.82, 2.24) is 14.5 Å². The summed E-state index contributed by atoms with van der Waals surface area (Å²) in [6, 6.07) is 4.72. The SMILES string of the molecule is CCCCN1CCC(NC(=O)c2ccc(OC)c(S(=O)(=O)N(CC)CC)c2)CC1. The fraction of sp³-hybridized carbons (Fsp3) is 0.667. The van der Waals surface area contributed by atoms with Gasteiger partial charge in [-0.15, -0.1) is 0 Å². The first kappa shape index (κ1) is 23.6. The van der Waals surface area contributed by atoms with Crippen molar-refractivity contribution in [2.75, 3.05) is 39.8 Å². The molecule has 1 aliphatic heterocycles. The molecule has 164 valence electrons. The summed E-state index contributed by atoms with van der Waals surface area (Å²) in [6.07, 6.45) is 4.21. The van der Waals surface area contributed by atoms with E-state index in [1.807, 2.05) is 0 Å². The number of unbranched alkanes of at least 4 members (excludes halogenated alkanes) is 1. The molecule has 7 nitrogen and oxygen atoms in total. The summed E-state index contributed by atoms with van der Waals surface area (Å²) in [5.74, 6) is 0.00772. The number of piperidine rings is 1. The number of likely N-dealkylation sites (tertiary alicyclic amines) is 1. The molecule has 0 bridgehead atoms. The van der Waals surface area contributed by atoms with Crippen LogP contribution in [0.15, 0.2) is 23.1 Å². The first-order valence-electron chi connectivity index (χ1n) is 10.6. The average Bonchev–Trinajstić information content (AvgIpc) is 2.73. The van der Waals surface area contributed by atoms with Crippen molar-refractivity contribution < 1.29 is 17.9 Å². The molecule has 0 saturated carbocycles. The van der Waals surface area contributed by atoms with Gasteiger partial charge in [0, 0.05) is 37.8 Å². The van der Waals surface area contributed by atoms with E-state index in [1.165, 1.54) is 30.3 Å². The fourth-order valence-corrected chi connectivity index (χ4v) is 5.31. The Bertz CT molecular complexity index is 770. The van der Waals surface area contributed by atoms with Crippen LogP contribution in [0.1, 0.15) is 56.8 Å². The van der Waals surface area contributed by atoms with Crippen LogP contribution in [0.5, 0.6) is 5.75 Å². The molecule has 0 aliphatic carbocycles. The number of methoxy groups -OCH3 is 1. The lowest BCUT2D eigenvalue weighted by Crippen LogP contribution is -2.44. The molecule has 1 aromatic carbocycles. The molecule has 8 heteroatoms. The number of carbonyl (C=O) groups is 1. The quantitative estimate of drug-likeness (QED) is 0.624. The Labute approximate surface area is 175 Å². The van der Waals surface area contributed by atoms with E-state index >= 15 is 0 Å². The lowest BCUT2D eigenvalue weighted by molar-refractivity contribution is 0.0910. The molecule has 1 amide bonds. The van der Waals surface area contributed by atoms with E-state index in [9.17, 15) is 13.2 Å². The van der Waals surface area contributed by atoms with E-state index in [0.29, 0.717) is 18.7 Å². The Balaban J connectivity index is 2.12. The summed E-state index contributed by atoms with van der Waals surface area (Å²) in [5.41, 5.74) is 0.338. The van der Waals surface area contributed by atoms with E-state index in [4.69, 9.17) is 4.74 Å². The maximum atomic E-state index is 13.0. The van der Waals surface area contributed by atoms with E-state index in [0.717, 1.165) is 32.5 Å². The van der Waals surface area contributed by atoms with Crippen molar-refractivity contribution in [3.05, 3.63) is 23.8 Å². The number of nitrogens with zero attached hydrogens (tertiary/aromatic N) is 2. The molecule has 1 heterocycles. The van der Waals surface area contributed by atoms with Gasteiger partial charge < -0.3 is 15.0 Å². The number of hydrogen-bond donors (Lipinski definition) is 1. The molecule has 1 saturated heterocycles. The first-order valence-corrected chi connectivity index (χ1v) is 12.0. The zero-order valence-electron chi connectivity index (χ0n) is 18.1. The third kappa shape index (κ3) is 5.93. The Hall–Kier alpha value is -1.64. The first-order chi connectivity index (χ1) is 13.9. The molecule has 1 fully saturated rings. The van der Waals surface area contributed by atoms with E-state index in [2.05, 4.69) is 17.1 Å². The third-order valence-corrected chi connectivity index (χ3v) is 7.57. The lowest BCUT2D eigenvalue weighted by atomic mass is 10.0. The predicted molar refractivity (Wildman–Crippen MR) is 115 cm³/mol. The molecule has 29 heavy (non-hydrogen) atoms. The number of sulfonamides is 1. The Morgan fingerprint density at radius 2 is 1.86 bits per heavy atom. The van der Waals surface area contributed by atoms with Gasteiger partial charge in [-0.2, -0.15) is 4.31 Å². The zero-order valence-corrected chi connectivity index (χ0v) is 18.9. The fourth-order valence-electron chi connectivity index (χ4n) is 3.67. The molecular weight excluding hydrogens is 390 g/mol. The minimum Gasteiger partial charge on any atom is -0.495 e. The Morgan fingerprint density at radius 3 is 2.41 bits per heavy atom. The topological polar surface area (TPSA) is 79.0 Å². The summed E-state index contributed by atoms with van der Waals surface area (Å²) in [6.45, 7) is 9.56. The van der Waals surface area contributed by atoms with Gasteiger partial charge in [-0.1, -0.05) is 27.2 Å². The predicted octanol–water partition coefficient (Wildman–Crippen LogP) is 2.72. The summed E-state index contributed by atoms with van der Waals surface area (Å²) < 4.78 is 32.6. The van der Waals surface area contributed by atoms with Gasteiger partial charge in [-0.05, 0) is 44.0 Å². The highest BCUT2D eigenvalue weighted by Gasteiger charge is 2.27. The third-order valence-electron chi connectivity index (χ3n) is 5.50. The number of rotatable bonds is 10. The van der Waals surface area contributed by atoms with Crippen molar-refractivity contribution in [3.8, 4) is 5.75 Å². The maximum Gasteiger partial charge on any atom is 0.251 e. The zero-order chi connectivity index (χ0) is 21.4. The standard InChI is InChI=1S/C21H35N3O4S/c1-5-8-13-23-14-11-18(12-15-23)22-21(25)17-9-10-19(28-4)20(16-17)29(26,27)24(6-2)7-3/h9-10,16,18H,5-8,11-15H2,1-4H3,(H,22,25). The molecule has 1 N–H and O–H groups in total. The molecule has 1 aliphatic rings. The van der Waals surface area contributed by atoms with E-state index in [-0.39, 0.29) is 22.6 Å². The molecule has 0 radical (unpaired) electrons. The van der Waals surface area contributed by atoms with E-state index in [1.54, 1.807) is 26.0 Å². The molecule has 0 atom stereocenters. The van der Waals surface area contributed by atoms with Crippen LogP contribution in [-0.2, 0) is 10.0 Å². The number of ether oxygens (including phenoxy) is 1. The van der Waals surface area contributed by atoms with Crippen LogP contribution >= 0.6 is 0 Å². The summed E-state index contributed by atoms with van der Waals surface area (Å²) in [7, 11) is -2.29. The van der Waals surface area contributed by atoms with Gasteiger partial charge in [0.25, 0.3) is 5.91 Å². The van der Waals surface area contributed by atoms with Gasteiger partial charge in [-0.3, -0.25) is 4.79 Å². The Kier molecular flexibility index (Phi) is 8.92. The van der Waals surface area contributed by atoms with Crippen LogP contribution in [0, 0.1) is 0 Å². The minimum absolute atomic E-state index is 0.0331. The lowest BCUT2D eigenvalue weighted by Gasteiger charge is -2.32. The highest BCUT2D eigenvalue weighted by Crippen LogP contribution is 2.28. The van der Waals surface area contributed by atoms with Gasteiger partial charge in [0.15, 0.2) is 0 Å². The van der Waals surface area contributed by atoms with Gasteiger partial charge >= 0.3 is 0 Å². The maximum absolute atomic E-state index is 13.0. The largest absolute Gasteiger partial charge is 0.495 e. The summed E-state index contributed by atoms with van der Waals surface area (Å²) >= 11 is 0. The highest BCUT2D eigenvalue weighted by atomic mass is 32.2. The van der Waals surface area contributed by atoms with Crippen LogP contribution < -0.4 is 10.1 Å². The van der Waals surface area contributed by atoms with Crippen LogP contribution in [0.4, 0.5) is 0 Å². The van der Waals surface area contributed by atoms with Crippen molar-refractivity contribution in [2.24, 2.45) is 0 Å². The van der Waals surface area contributed by atoms with Gasteiger partial charge in [0.2, 0.25) is 10.0 Å². The van der Waals surface area contributed by atoms with E-state index < -0.39 is 10.0 Å². The van der Waals surface area contributed by atoms with Crippen LogP contribution in [-0.4, -0.2) is 69.4 Å². The number of carbonyl (C=O) groups excluding carboxylic acids is 1. The second-order valence-electron chi connectivity index (χ2n) is 7.40. The number of nitrogens with one attached hydrogen (secondary N) is 1. The normalized spacial score (nSPS) is 16.2. The molecule has 0 spiro atoms. The second-order valence-corrected chi connectivity index (χ2v) is 9.30. The van der Waals surface area contributed by atoms with Crippen molar-refractivity contribution in [3.63, 3.8) is 0 Å². The number of hydrogen-bond acceptors (Lipinski definition) is 5. The molecular formula is C21H35N3O4S. The summed E-state index contributed by atoms with van der Waals surface area (Å²) in [4.78, 5) is 15.3.